The molecule has 268 valence electrons. The highest BCUT2D eigenvalue weighted by molar-refractivity contribution is 7.85. The second kappa shape index (κ2) is 33.0. The maximum atomic E-state index is 12.5. The molecule has 0 aliphatic heterocycles. The first-order chi connectivity index (χ1) is 21.8. The Hall–Kier alpha value is -0.920. The van der Waals surface area contributed by atoms with Crippen LogP contribution in [0.3, 0.4) is 0 Å². The normalized spacial score (nSPS) is 13.4. The first-order valence-corrected chi connectivity index (χ1v) is 21.0. The van der Waals surface area contributed by atoms with Gasteiger partial charge in [-0.25, -0.2) is 0 Å². The summed E-state index contributed by atoms with van der Waals surface area (Å²) in [6, 6.07) is -0.970. The summed E-state index contributed by atoms with van der Waals surface area (Å²) < 4.78 is 32.4. The van der Waals surface area contributed by atoms with Gasteiger partial charge in [-0.3, -0.25) is 9.35 Å². The average molecular weight is 658 g/mol. The summed E-state index contributed by atoms with van der Waals surface area (Å²) in [7, 11) is -4.30. The van der Waals surface area contributed by atoms with Gasteiger partial charge >= 0.3 is 0 Å². The Labute approximate surface area is 280 Å². The van der Waals surface area contributed by atoms with Crippen LogP contribution >= 0.6 is 0 Å². The topological polar surface area (TPSA) is 104 Å². The number of amides is 1. The molecule has 3 N–H and O–H groups in total. The molecule has 0 heterocycles. The van der Waals surface area contributed by atoms with Crippen LogP contribution in [0, 0.1) is 0 Å². The highest BCUT2D eigenvalue weighted by atomic mass is 32.2. The van der Waals surface area contributed by atoms with E-state index in [1.807, 2.05) is 0 Å². The third kappa shape index (κ3) is 34.2. The minimum Gasteiger partial charge on any atom is -0.391 e. The molecule has 7 heteroatoms. The second-order valence-electron chi connectivity index (χ2n) is 13.6. The Morgan fingerprint density at radius 2 is 0.933 bits per heavy atom. The highest BCUT2D eigenvalue weighted by Crippen LogP contribution is 2.16. The van der Waals surface area contributed by atoms with Gasteiger partial charge in [0.25, 0.3) is 10.1 Å². The molecule has 0 fully saturated rings. The molecule has 0 bridgehead atoms. The Bertz CT molecular complexity index is 770. The van der Waals surface area contributed by atoms with Crippen molar-refractivity contribution in [1.82, 2.24) is 5.32 Å². The van der Waals surface area contributed by atoms with Crippen molar-refractivity contribution in [2.45, 2.75) is 219 Å². The van der Waals surface area contributed by atoms with E-state index in [0.717, 1.165) is 51.4 Å². The molecule has 0 aromatic rings. The number of aliphatic hydroxyl groups excluding tert-OH is 1. The van der Waals surface area contributed by atoms with Crippen LogP contribution in [0.4, 0.5) is 0 Å². The lowest BCUT2D eigenvalue weighted by Crippen LogP contribution is -2.47. The van der Waals surface area contributed by atoms with E-state index in [1.165, 1.54) is 128 Å². The van der Waals surface area contributed by atoms with Gasteiger partial charge in [0.15, 0.2) is 0 Å². The van der Waals surface area contributed by atoms with Crippen molar-refractivity contribution in [2.24, 2.45) is 0 Å². The van der Waals surface area contributed by atoms with Crippen LogP contribution < -0.4 is 5.32 Å². The fraction of sp³-hybridized carbons (Fsp3) is 0.921. The van der Waals surface area contributed by atoms with Crippen LogP contribution in [-0.2, 0) is 14.9 Å². The maximum absolute atomic E-state index is 12.5. The zero-order chi connectivity index (χ0) is 33.3. The van der Waals surface area contributed by atoms with Gasteiger partial charge in [0.1, 0.15) is 0 Å². The third-order valence-corrected chi connectivity index (χ3v) is 9.75. The number of nitrogens with one attached hydrogen (secondary N) is 1. The molecule has 0 aromatic carbocycles. The van der Waals surface area contributed by atoms with Crippen LogP contribution in [0.15, 0.2) is 12.2 Å². The smallest absolute Gasteiger partial charge is 0.266 e. The predicted molar refractivity (Wildman–Crippen MR) is 193 cm³/mol. The molecule has 1 amide bonds. The summed E-state index contributed by atoms with van der Waals surface area (Å²) in [4.78, 5) is 12.5. The molecule has 0 aromatic heterocycles. The van der Waals surface area contributed by atoms with Crippen LogP contribution in [0.1, 0.15) is 206 Å². The van der Waals surface area contributed by atoms with Crippen LogP contribution in [0.25, 0.3) is 0 Å². The van der Waals surface area contributed by atoms with Gasteiger partial charge in [-0.1, -0.05) is 174 Å². The molecule has 0 aliphatic carbocycles. The fourth-order valence-electron chi connectivity index (χ4n) is 6.04. The molecule has 6 nitrogen and oxygen atoms in total. The van der Waals surface area contributed by atoms with E-state index in [1.54, 1.807) is 0 Å². The number of hydrogen-bond donors (Lipinski definition) is 3. The van der Waals surface area contributed by atoms with Gasteiger partial charge < -0.3 is 10.4 Å². The molecule has 0 aliphatic rings. The third-order valence-electron chi connectivity index (χ3n) is 8.97. The first-order valence-electron chi connectivity index (χ1n) is 19.4. The number of aliphatic hydroxyl groups is 1. The lowest BCUT2D eigenvalue weighted by atomic mass is 10.0. The molecule has 0 spiro atoms. The van der Waals surface area contributed by atoms with Crippen LogP contribution in [0.5, 0.6) is 0 Å². The highest BCUT2D eigenvalue weighted by Gasteiger charge is 2.26. The van der Waals surface area contributed by atoms with Gasteiger partial charge in [-0.05, 0) is 38.5 Å². The molecule has 0 radical (unpaired) electrons. The van der Waals surface area contributed by atoms with Crippen molar-refractivity contribution < 1.29 is 22.9 Å². The van der Waals surface area contributed by atoms with Gasteiger partial charge in [0, 0.05) is 6.42 Å². The number of allylic oxidation sites excluding steroid dienone is 2. The minimum atomic E-state index is -4.30. The van der Waals surface area contributed by atoms with Crippen LogP contribution in [0.2, 0.25) is 0 Å². The standard InChI is InChI=1S/C38H75NO5S/c1-3-5-7-9-11-13-15-17-19-20-22-24-26-28-30-32-34-38(41)39-36(35-45(42,43)44)37(40)33-31-29-27-25-23-21-18-16-14-12-10-8-6-4-2/h19-20,36-37,40H,3-18,21-35H2,1-2H3,(H,39,41)(H,42,43,44)/b20-19-. The minimum absolute atomic E-state index is 0.253. The number of unbranched alkanes of at least 4 members (excludes halogenated alkanes) is 25. The number of carbonyl (C=O) groups excluding carboxylic acids is 1. The lowest BCUT2D eigenvalue weighted by molar-refractivity contribution is -0.122. The monoisotopic (exact) mass is 658 g/mol. The fourth-order valence-corrected chi connectivity index (χ4v) is 6.80. The lowest BCUT2D eigenvalue weighted by Gasteiger charge is -2.23. The number of rotatable bonds is 35. The zero-order valence-electron chi connectivity index (χ0n) is 29.8. The van der Waals surface area contributed by atoms with E-state index in [2.05, 4.69) is 31.3 Å². The van der Waals surface area contributed by atoms with Crippen molar-refractivity contribution in [2.75, 3.05) is 5.75 Å². The van der Waals surface area contributed by atoms with Gasteiger partial charge in [0.05, 0.1) is 17.9 Å². The Kier molecular flexibility index (Phi) is 32.3. The SMILES string of the molecule is CCCCCCCCC/C=C\CCCCCCCC(=O)NC(CS(=O)(=O)O)C(O)CCCCCCCCCCCCCCCC. The molecule has 2 unspecified atom stereocenters. The van der Waals surface area contributed by atoms with Crippen molar-refractivity contribution in [3.63, 3.8) is 0 Å². The molecule has 0 rings (SSSR count). The maximum Gasteiger partial charge on any atom is 0.266 e. The summed E-state index contributed by atoms with van der Waals surface area (Å²) in [6.45, 7) is 4.51. The molecule has 0 saturated carbocycles. The molecule has 0 saturated heterocycles. The van der Waals surface area contributed by atoms with E-state index >= 15 is 0 Å². The molecular formula is C38H75NO5S. The molecule has 45 heavy (non-hydrogen) atoms. The van der Waals surface area contributed by atoms with E-state index < -0.39 is 28.0 Å². The van der Waals surface area contributed by atoms with Crippen molar-refractivity contribution in [3.05, 3.63) is 12.2 Å². The summed E-state index contributed by atoms with van der Waals surface area (Å²) in [6.07, 6.45) is 38.7. The van der Waals surface area contributed by atoms with Gasteiger partial charge in [-0.2, -0.15) is 8.42 Å². The van der Waals surface area contributed by atoms with Crippen LogP contribution in [-0.4, -0.2) is 41.9 Å². The summed E-state index contributed by atoms with van der Waals surface area (Å²) in [5, 5.41) is 13.3. The Morgan fingerprint density at radius 3 is 1.33 bits per heavy atom. The summed E-state index contributed by atoms with van der Waals surface area (Å²) in [5.41, 5.74) is 0. The molecule has 2 atom stereocenters. The van der Waals surface area contributed by atoms with E-state index in [-0.39, 0.29) is 5.91 Å². The summed E-state index contributed by atoms with van der Waals surface area (Å²) in [5.74, 6) is -0.901. The number of hydrogen-bond acceptors (Lipinski definition) is 4. The molecular weight excluding hydrogens is 582 g/mol. The van der Waals surface area contributed by atoms with E-state index in [0.29, 0.717) is 12.8 Å². The van der Waals surface area contributed by atoms with E-state index in [9.17, 15) is 22.9 Å². The zero-order valence-corrected chi connectivity index (χ0v) is 30.6. The second-order valence-corrected chi connectivity index (χ2v) is 15.1. The Morgan fingerprint density at radius 1 is 0.578 bits per heavy atom. The average Bonchev–Trinajstić information content (AvgIpc) is 3.00. The van der Waals surface area contributed by atoms with Gasteiger partial charge in [-0.15, -0.1) is 0 Å². The number of carbonyl (C=O) groups is 1. The van der Waals surface area contributed by atoms with Crippen molar-refractivity contribution >= 4 is 16.0 Å². The van der Waals surface area contributed by atoms with E-state index in [4.69, 9.17) is 0 Å². The largest absolute Gasteiger partial charge is 0.391 e. The first kappa shape index (κ1) is 44.1. The van der Waals surface area contributed by atoms with Gasteiger partial charge in [0.2, 0.25) is 5.91 Å². The quantitative estimate of drug-likeness (QED) is 0.0357. The summed E-state index contributed by atoms with van der Waals surface area (Å²) >= 11 is 0. The van der Waals surface area contributed by atoms with Crippen molar-refractivity contribution in [1.29, 1.82) is 0 Å². The van der Waals surface area contributed by atoms with Crippen molar-refractivity contribution in [3.8, 4) is 0 Å². The predicted octanol–water partition coefficient (Wildman–Crippen LogP) is 11.0. The Balaban J connectivity index is 3.90.